The number of aromatic hydroxyl groups is 1. The van der Waals surface area contributed by atoms with Crippen LogP contribution in [0.25, 0.3) is 0 Å². The number of phenols is 1. The summed E-state index contributed by atoms with van der Waals surface area (Å²) in [6.07, 6.45) is -0.942. The second-order valence-electron chi connectivity index (χ2n) is 6.34. The summed E-state index contributed by atoms with van der Waals surface area (Å²) in [5.41, 5.74) is 2.85. The summed E-state index contributed by atoms with van der Waals surface area (Å²) in [6.45, 7) is 2.46. The van der Waals surface area contributed by atoms with Crippen molar-refractivity contribution < 1.29 is 18.6 Å². The molecule has 128 valence electrons. The molecule has 0 amide bonds. The molecule has 2 aromatic carbocycles. The number of sulfone groups is 1. The van der Waals surface area contributed by atoms with Gasteiger partial charge in [0.25, 0.3) is 0 Å². The molecule has 1 fully saturated rings. The molecule has 1 saturated heterocycles. The first-order chi connectivity index (χ1) is 11.3. The number of aliphatic hydroxyl groups is 1. The molecule has 24 heavy (non-hydrogen) atoms. The predicted octanol–water partition coefficient (Wildman–Crippen LogP) is 1.87. The zero-order chi connectivity index (χ0) is 17.3. The Kier molecular flexibility index (Phi) is 4.51. The van der Waals surface area contributed by atoms with Crippen molar-refractivity contribution in [3.63, 3.8) is 0 Å². The smallest absolute Gasteiger partial charge is 0.155 e. The van der Waals surface area contributed by atoms with Crippen LogP contribution in [-0.4, -0.2) is 42.3 Å². The predicted molar refractivity (Wildman–Crippen MR) is 93.9 cm³/mol. The number of aliphatic hydroxyl groups excluding tert-OH is 1. The summed E-state index contributed by atoms with van der Waals surface area (Å²) in [5, 5.41) is 20.0. The van der Waals surface area contributed by atoms with E-state index in [1.165, 1.54) is 0 Å². The van der Waals surface area contributed by atoms with E-state index in [1.54, 1.807) is 18.2 Å². The largest absolute Gasteiger partial charge is 0.508 e. The molecule has 6 heteroatoms. The number of hydrogen-bond donors (Lipinski definition) is 2. The van der Waals surface area contributed by atoms with Gasteiger partial charge in [-0.05, 0) is 24.6 Å². The van der Waals surface area contributed by atoms with Crippen LogP contribution in [-0.2, 0) is 16.4 Å². The van der Waals surface area contributed by atoms with E-state index in [1.807, 2.05) is 42.2 Å². The van der Waals surface area contributed by atoms with Crippen LogP contribution < -0.4 is 4.90 Å². The molecular formula is C18H21NO4S. The fraction of sp³-hybridized carbons (Fsp3) is 0.333. The molecule has 0 unspecified atom stereocenters. The van der Waals surface area contributed by atoms with Crippen LogP contribution in [0.1, 0.15) is 11.1 Å². The Hall–Kier alpha value is -2.05. The third-order valence-electron chi connectivity index (χ3n) is 4.33. The van der Waals surface area contributed by atoms with Crippen LogP contribution >= 0.6 is 0 Å². The molecule has 0 aromatic heterocycles. The lowest BCUT2D eigenvalue weighted by Gasteiger charge is -2.32. The normalized spacial score (nSPS) is 22.4. The first-order valence-electron chi connectivity index (χ1n) is 7.84. The summed E-state index contributed by atoms with van der Waals surface area (Å²) in [5.74, 6) is -0.201. The number of aryl methyl sites for hydroxylation is 1. The second kappa shape index (κ2) is 6.45. The minimum atomic E-state index is -3.26. The number of phenolic OH excluding ortho intramolecular Hbond substituents is 1. The van der Waals surface area contributed by atoms with E-state index >= 15 is 0 Å². The summed E-state index contributed by atoms with van der Waals surface area (Å²) in [4.78, 5) is 1.86. The number of hydrogen-bond acceptors (Lipinski definition) is 5. The maximum absolute atomic E-state index is 11.9. The van der Waals surface area contributed by atoms with Crippen LogP contribution in [0.3, 0.4) is 0 Å². The van der Waals surface area contributed by atoms with E-state index in [0.717, 1.165) is 11.1 Å². The average Bonchev–Trinajstić information content (AvgIpc) is 2.79. The van der Waals surface area contributed by atoms with Crippen LogP contribution in [0.15, 0.2) is 48.5 Å². The van der Waals surface area contributed by atoms with E-state index in [0.29, 0.717) is 12.2 Å². The highest BCUT2D eigenvalue weighted by molar-refractivity contribution is 7.91. The van der Waals surface area contributed by atoms with E-state index in [2.05, 4.69) is 0 Å². The zero-order valence-corrected chi connectivity index (χ0v) is 14.3. The van der Waals surface area contributed by atoms with Crippen LogP contribution in [0.5, 0.6) is 5.75 Å². The van der Waals surface area contributed by atoms with E-state index in [9.17, 15) is 18.6 Å². The second-order valence-corrected chi connectivity index (χ2v) is 8.50. The zero-order valence-electron chi connectivity index (χ0n) is 13.5. The number of anilines is 1. The van der Waals surface area contributed by atoms with E-state index in [4.69, 9.17) is 0 Å². The molecule has 0 aliphatic carbocycles. The van der Waals surface area contributed by atoms with Crippen molar-refractivity contribution in [2.24, 2.45) is 0 Å². The fourth-order valence-electron chi connectivity index (χ4n) is 3.07. The lowest BCUT2D eigenvalue weighted by molar-refractivity contribution is 0.177. The Labute approximate surface area is 142 Å². The highest BCUT2D eigenvalue weighted by Crippen LogP contribution is 2.29. The Bertz CT molecular complexity index is 817. The van der Waals surface area contributed by atoms with Crippen molar-refractivity contribution in [1.29, 1.82) is 0 Å². The molecule has 1 aliphatic rings. The van der Waals surface area contributed by atoms with Gasteiger partial charge in [0.1, 0.15) is 5.75 Å². The van der Waals surface area contributed by atoms with Crippen molar-refractivity contribution in [1.82, 2.24) is 0 Å². The standard InChI is InChI=1S/C18H21NO4S/c1-13-5-7-14(8-6-13)10-19(15-3-2-4-16(20)9-15)17-11-24(22,23)12-18(17)21/h2-9,17-18,20-21H,10-12H2,1H3/t17-,18-/m1/s1. The van der Waals surface area contributed by atoms with Gasteiger partial charge in [-0.3, -0.25) is 0 Å². The summed E-state index contributed by atoms with van der Waals surface area (Å²) >= 11 is 0. The van der Waals surface area contributed by atoms with E-state index < -0.39 is 22.0 Å². The highest BCUT2D eigenvalue weighted by Gasteiger charge is 2.40. The lowest BCUT2D eigenvalue weighted by Crippen LogP contribution is -2.42. The Morgan fingerprint density at radius 3 is 2.42 bits per heavy atom. The SMILES string of the molecule is Cc1ccc(CN(c2cccc(O)c2)[C@@H]2CS(=O)(=O)C[C@H]2O)cc1. The molecule has 0 radical (unpaired) electrons. The van der Waals surface area contributed by atoms with Gasteiger partial charge in [0.05, 0.1) is 23.7 Å². The minimum Gasteiger partial charge on any atom is -0.508 e. The quantitative estimate of drug-likeness (QED) is 0.883. The third kappa shape index (κ3) is 3.71. The maximum Gasteiger partial charge on any atom is 0.155 e. The monoisotopic (exact) mass is 347 g/mol. The van der Waals surface area contributed by atoms with Crippen molar-refractivity contribution in [2.75, 3.05) is 16.4 Å². The van der Waals surface area contributed by atoms with Gasteiger partial charge in [-0.1, -0.05) is 35.9 Å². The van der Waals surface area contributed by atoms with Gasteiger partial charge in [0, 0.05) is 18.3 Å². The van der Waals surface area contributed by atoms with Crippen molar-refractivity contribution in [2.45, 2.75) is 25.6 Å². The summed E-state index contributed by atoms with van der Waals surface area (Å²) < 4.78 is 23.8. The molecular weight excluding hydrogens is 326 g/mol. The van der Waals surface area contributed by atoms with Crippen LogP contribution in [0.2, 0.25) is 0 Å². The highest BCUT2D eigenvalue weighted by atomic mass is 32.2. The van der Waals surface area contributed by atoms with Gasteiger partial charge in [0.2, 0.25) is 0 Å². The van der Waals surface area contributed by atoms with Gasteiger partial charge in [-0.25, -0.2) is 8.42 Å². The molecule has 1 heterocycles. The van der Waals surface area contributed by atoms with Gasteiger partial charge < -0.3 is 15.1 Å². The van der Waals surface area contributed by atoms with Gasteiger partial charge in [-0.2, -0.15) is 0 Å². The molecule has 0 bridgehead atoms. The molecule has 2 atom stereocenters. The maximum atomic E-state index is 11.9. The molecule has 2 aromatic rings. The minimum absolute atomic E-state index is 0.0876. The molecule has 5 nitrogen and oxygen atoms in total. The number of nitrogens with zero attached hydrogens (tertiary/aromatic N) is 1. The first-order valence-corrected chi connectivity index (χ1v) is 9.66. The molecule has 0 saturated carbocycles. The van der Waals surface area contributed by atoms with Gasteiger partial charge >= 0.3 is 0 Å². The topological polar surface area (TPSA) is 77.8 Å². The molecule has 3 rings (SSSR count). The summed E-state index contributed by atoms with van der Waals surface area (Å²) in [6, 6.07) is 14.1. The van der Waals surface area contributed by atoms with Crippen molar-refractivity contribution in [3.8, 4) is 5.75 Å². The molecule has 2 N–H and O–H groups in total. The third-order valence-corrected chi connectivity index (χ3v) is 6.03. The molecule has 1 aliphatic heterocycles. The summed E-state index contributed by atoms with van der Waals surface area (Å²) in [7, 11) is -3.26. The average molecular weight is 347 g/mol. The van der Waals surface area contributed by atoms with Crippen LogP contribution in [0, 0.1) is 6.92 Å². The van der Waals surface area contributed by atoms with E-state index in [-0.39, 0.29) is 17.3 Å². The van der Waals surface area contributed by atoms with Crippen molar-refractivity contribution in [3.05, 3.63) is 59.7 Å². The van der Waals surface area contributed by atoms with Crippen molar-refractivity contribution >= 4 is 15.5 Å². The number of rotatable bonds is 4. The van der Waals surface area contributed by atoms with Crippen LogP contribution in [0.4, 0.5) is 5.69 Å². The Balaban J connectivity index is 1.96. The lowest BCUT2D eigenvalue weighted by atomic mass is 10.1. The fourth-order valence-corrected chi connectivity index (χ4v) is 4.87. The van der Waals surface area contributed by atoms with Gasteiger partial charge in [0.15, 0.2) is 9.84 Å². The first kappa shape index (κ1) is 16.8. The molecule has 0 spiro atoms. The van der Waals surface area contributed by atoms with Gasteiger partial charge in [-0.15, -0.1) is 0 Å². The Morgan fingerprint density at radius 2 is 1.83 bits per heavy atom. The Morgan fingerprint density at radius 1 is 1.12 bits per heavy atom. The number of benzene rings is 2.